The summed E-state index contributed by atoms with van der Waals surface area (Å²) in [5, 5.41) is 85.9. The number of carboxylic acid groups (broad SMARTS) is 4. The van der Waals surface area contributed by atoms with Crippen molar-refractivity contribution in [2.45, 2.75) is 196 Å². The summed E-state index contributed by atoms with van der Waals surface area (Å²) in [6.45, 7) is 5.32. The molecule has 4 aromatic carbocycles. The molecule has 51 nitrogen and oxygen atoms in total. The number of carbonyl (C=O) groups excluding carboxylic acids is 19. The number of aliphatic carboxylic acids is 4. The van der Waals surface area contributed by atoms with Gasteiger partial charge in [0.15, 0.2) is 0 Å². The molecule has 54 heteroatoms. The number of fused-ring (bicyclic) bond motifs is 15. The molecule has 7 rings (SSSR count). The van der Waals surface area contributed by atoms with Crippen LogP contribution < -0.4 is 91.6 Å². The molecule has 4 bridgehead atoms. The Bertz CT molecular complexity index is 5430. The highest BCUT2D eigenvalue weighted by atomic mass is 32.2. The van der Waals surface area contributed by atoms with Gasteiger partial charge in [0.1, 0.15) is 90.3 Å². The van der Waals surface area contributed by atoms with Crippen molar-refractivity contribution in [1.82, 2.24) is 89.1 Å². The number of amides is 19. The Hall–Kier alpha value is -14.4. The summed E-state index contributed by atoms with van der Waals surface area (Å²) in [7, 11) is 0. The van der Waals surface area contributed by atoms with Crippen molar-refractivity contribution in [3.63, 3.8) is 0 Å². The largest absolute Gasteiger partial charge is 0.508 e. The third-order valence-corrected chi connectivity index (χ3v) is 26.4. The molecule has 3 aliphatic rings. The van der Waals surface area contributed by atoms with Crippen LogP contribution in [0.25, 0.3) is 10.8 Å². The predicted octanol–water partition coefficient (Wildman–Crippen LogP) is -6.39. The van der Waals surface area contributed by atoms with Crippen molar-refractivity contribution >= 4 is 182 Å². The number of nitrogens with one attached hydrogen (secondary N) is 14. The van der Waals surface area contributed by atoms with Gasteiger partial charge in [-0.2, -0.15) is 0 Å². The Morgan fingerprint density at radius 1 is 0.403 bits per heavy atom. The van der Waals surface area contributed by atoms with Crippen molar-refractivity contribution < 1.29 is 150 Å². The van der Waals surface area contributed by atoms with Gasteiger partial charge in [-0.15, -0.1) is 35.3 Å². The number of nitrogens with zero attached hydrogens (tertiary/aromatic N) is 3. The number of aromatic hydroxyl groups is 1. The second kappa shape index (κ2) is 60.8. The lowest BCUT2D eigenvalue weighted by atomic mass is 9.85. The molecule has 25 N–H and O–H groups in total. The molecular formula is C95H130N20O31S3. The van der Waals surface area contributed by atoms with E-state index in [0.717, 1.165) is 37.4 Å². The highest BCUT2D eigenvalue weighted by molar-refractivity contribution is 8.00. The van der Waals surface area contributed by atoms with Gasteiger partial charge in [0.2, 0.25) is 112 Å². The minimum Gasteiger partial charge on any atom is -0.508 e. The number of rotatable bonds is 21. The minimum atomic E-state index is -2.29. The first-order chi connectivity index (χ1) is 70.5. The smallest absolute Gasteiger partial charge is 0.305 e. The van der Waals surface area contributed by atoms with Crippen molar-refractivity contribution in [2.24, 2.45) is 22.6 Å². The highest BCUT2D eigenvalue weighted by Crippen LogP contribution is 2.25. The molecule has 3 aliphatic heterocycles. The molecule has 0 aromatic heterocycles. The van der Waals surface area contributed by atoms with Gasteiger partial charge >= 0.3 is 23.9 Å². The molecule has 3 fully saturated rings. The van der Waals surface area contributed by atoms with Gasteiger partial charge in [-0.25, -0.2) is 0 Å². The van der Waals surface area contributed by atoms with Gasteiger partial charge in [-0.3, -0.25) is 110 Å². The van der Waals surface area contributed by atoms with Crippen molar-refractivity contribution in [3.8, 4) is 5.75 Å². The molecule has 1 unspecified atom stereocenters. The van der Waals surface area contributed by atoms with Crippen LogP contribution >= 0.6 is 35.3 Å². The second-order valence-electron chi connectivity index (χ2n) is 36.3. The molecule has 19 amide bonds. The van der Waals surface area contributed by atoms with Crippen LogP contribution in [0.5, 0.6) is 5.75 Å². The molecule has 0 spiro atoms. The maximum Gasteiger partial charge on any atom is 0.305 e. The molecular weight excluding hydrogens is 2010 g/mol. The van der Waals surface area contributed by atoms with Crippen LogP contribution in [0.15, 0.2) is 97.1 Å². The molecule has 0 aliphatic carbocycles. The SMILES string of the molecule is C[C@H](N)C(=O)N[C@H]1CSCC(=O)N2CCOCCN3CCOCCN(CCOCC2)C(=O)CSC[C@H](NC(=O)[C@@H](C)NC(=O)[C@H](Cc2cccc4ccccc24)NC(=O)[C@H](CCC(=O)O)NC(=O)[C@H](CC(N)=O)NC(=O)[C@@H](C)NC1=O)C(=O)N[C@@H](CCC(=O)O)C(=O)N[C@@H](CC(=O)O)C(=O)N[C@@H](Cc1ccccc1)C(=O)N[C@@H](Cc1ccc(O)cc1)C(=O)NC(CC(=O)O)C(=O)N[C@@H](C(C)(C)C)C(=O)N[C@H](C(N)=O)CSCC3=O. The third kappa shape index (κ3) is 42.1. The maximum absolute atomic E-state index is 15.4. The summed E-state index contributed by atoms with van der Waals surface area (Å²) >= 11 is 2.31. The lowest BCUT2D eigenvalue weighted by molar-refractivity contribution is -0.142. The van der Waals surface area contributed by atoms with Gasteiger partial charge in [-0.05, 0) is 78.6 Å². The number of thioether (sulfide) groups is 3. The lowest BCUT2D eigenvalue weighted by Crippen LogP contribution is -2.62. The number of hydrogen-bond donors (Lipinski definition) is 22. The molecule has 0 saturated carbocycles. The Labute approximate surface area is 868 Å². The van der Waals surface area contributed by atoms with E-state index in [9.17, 15) is 112 Å². The molecule has 3 saturated heterocycles. The summed E-state index contributed by atoms with van der Waals surface area (Å²) in [5.41, 5.74) is 16.9. The van der Waals surface area contributed by atoms with Gasteiger partial charge in [0, 0.05) is 88.6 Å². The Kier molecular flexibility index (Phi) is 49.6. The number of phenolic OH excluding ortho intramolecular Hbond substituents is 1. The highest BCUT2D eigenvalue weighted by Gasteiger charge is 2.42. The van der Waals surface area contributed by atoms with Crippen molar-refractivity contribution in [2.75, 3.05) is 113 Å². The van der Waals surface area contributed by atoms with Crippen LogP contribution in [0.1, 0.15) is 103 Å². The zero-order valence-corrected chi connectivity index (χ0v) is 85.3. The Morgan fingerprint density at radius 2 is 0.779 bits per heavy atom. The molecule has 3 heterocycles. The van der Waals surface area contributed by atoms with E-state index in [2.05, 4.69) is 74.4 Å². The lowest BCUT2D eigenvalue weighted by Gasteiger charge is -2.33. The van der Waals surface area contributed by atoms with E-state index < -0.39 is 331 Å². The van der Waals surface area contributed by atoms with Crippen molar-refractivity contribution in [1.29, 1.82) is 0 Å². The van der Waals surface area contributed by atoms with Crippen LogP contribution in [0.4, 0.5) is 0 Å². The number of phenols is 1. The van der Waals surface area contributed by atoms with E-state index in [-0.39, 0.29) is 95.8 Å². The van der Waals surface area contributed by atoms with Crippen LogP contribution in [-0.4, -0.2) is 380 Å². The van der Waals surface area contributed by atoms with Gasteiger partial charge < -0.3 is 146 Å². The first-order valence-corrected chi connectivity index (χ1v) is 51.0. The summed E-state index contributed by atoms with van der Waals surface area (Å²) in [6, 6.07) is -3.52. The molecule has 814 valence electrons. The number of nitrogens with two attached hydrogens (primary N) is 3. The van der Waals surface area contributed by atoms with E-state index in [1.807, 2.05) is 0 Å². The van der Waals surface area contributed by atoms with Crippen molar-refractivity contribution in [3.05, 3.63) is 114 Å². The van der Waals surface area contributed by atoms with Crippen LogP contribution in [0, 0.1) is 5.41 Å². The number of carbonyl (C=O) groups is 23. The average Bonchev–Trinajstić information content (AvgIpc) is 0.827. The molecule has 15 atom stereocenters. The van der Waals surface area contributed by atoms with Gasteiger partial charge in [0.05, 0.1) is 82.2 Å². The fourth-order valence-electron chi connectivity index (χ4n) is 15.1. The molecule has 149 heavy (non-hydrogen) atoms. The standard InChI is InChI=1S/C95H130N20O31S3/c1-51(96)81(130)110-69-46-148-49-73(119)114-29-35-144-33-27-113-28-34-145-37-31-115(32-38-146-36-30-114)74(120)50-149-47-70(111-83(132)53(3)99-86(135)64(41-57-17-12-16-56-15-10-11-18-59(56)57)106-84(133)60(23-25-75(121)122)101-89(138)65(42-71(97)117)103-82(131)52(2)100-92(69)141)93(142)102-61(24-26-76(123)124)85(134)107-66(43-77(125)126)90(139)105-62(39-54-13-8-7-9-14-54)87(136)104-63(40-55-19-21-58(116)22-20-55)88(137)108-67(44-78(127)128)91(140)112-79(95(4,5)6)94(143)109-68(80(98)129)45-147-48-72(113)118/h7-22,51-53,60-70,79,116H,23-50,96H2,1-6H3,(H2,97,117)(H2,98,129)(H,99,135)(H,100,141)(H,101,138)(H,102,142)(H,103,131)(H,104,136)(H,105,139)(H,106,133)(H,107,134)(H,108,137)(H,109,143)(H,110,130)(H,111,132)(H,112,140)(H,121,122)(H,123,124)(H,125,126)(H,127,128)/t51-,52+,53+,60-,61-,62-,63-,64-,65-,66-,67?,68-,69-,70-,79+/m0/s1. The predicted molar refractivity (Wildman–Crippen MR) is 537 cm³/mol. The van der Waals surface area contributed by atoms with E-state index in [4.69, 9.17) is 31.4 Å². The fourth-order valence-corrected chi connectivity index (χ4v) is 17.9. The van der Waals surface area contributed by atoms with Crippen LogP contribution in [0.3, 0.4) is 0 Å². The molecule has 0 radical (unpaired) electrons. The normalized spacial score (nSPS) is 24.5. The number of carboxylic acids is 4. The summed E-state index contributed by atoms with van der Waals surface area (Å²) < 4.78 is 18.1. The van der Waals surface area contributed by atoms with Gasteiger partial charge in [0.25, 0.3) is 0 Å². The first kappa shape index (κ1) is 122. The van der Waals surface area contributed by atoms with Crippen LogP contribution in [0.2, 0.25) is 0 Å². The molecule has 4 aromatic rings. The zero-order chi connectivity index (χ0) is 110. The number of hydrogen-bond acceptors (Lipinski definition) is 31. The van der Waals surface area contributed by atoms with E-state index in [1.165, 1.54) is 90.9 Å². The summed E-state index contributed by atoms with van der Waals surface area (Å²) in [4.78, 5) is 331. The average molecular weight is 2140 g/mol. The topological polar surface area (TPSA) is 778 Å². The quantitative estimate of drug-likeness (QED) is 0.0369. The fraction of sp³-hybridized carbons (Fsp3) is 0.526. The third-order valence-electron chi connectivity index (χ3n) is 23.4. The van der Waals surface area contributed by atoms with E-state index in [1.54, 1.807) is 48.5 Å². The number of benzene rings is 4. The Balaban J connectivity index is 1.39. The van der Waals surface area contributed by atoms with Crippen LogP contribution in [-0.2, 0) is 144 Å². The second-order valence-corrected chi connectivity index (χ2v) is 39.4. The zero-order valence-electron chi connectivity index (χ0n) is 82.8. The first-order valence-electron chi connectivity index (χ1n) is 47.6. The Morgan fingerprint density at radius 3 is 1.23 bits per heavy atom. The summed E-state index contributed by atoms with van der Waals surface area (Å²) in [6.07, 6.45) is -8.57. The monoisotopic (exact) mass is 2140 g/mol. The number of primary amides is 2. The summed E-state index contributed by atoms with van der Waals surface area (Å²) in [5.74, 6) is -31.5. The minimum absolute atomic E-state index is 0.176. The maximum atomic E-state index is 15.4. The van der Waals surface area contributed by atoms with E-state index in [0.29, 0.717) is 28.1 Å². The van der Waals surface area contributed by atoms with E-state index >= 15 is 24.0 Å². The number of ether oxygens (including phenoxy) is 3. The van der Waals surface area contributed by atoms with Gasteiger partial charge in [-0.1, -0.05) is 106 Å².